The third-order valence-corrected chi connectivity index (χ3v) is 3.18. The number of nitrogens with zero attached hydrogens (tertiary/aromatic N) is 1. The van der Waals surface area contributed by atoms with Gasteiger partial charge in [-0.3, -0.25) is 4.79 Å². The van der Waals surface area contributed by atoms with E-state index in [2.05, 4.69) is 13.2 Å². The molecule has 3 atom stereocenters. The highest BCUT2D eigenvalue weighted by Gasteiger charge is 2.41. The Morgan fingerprint density at radius 2 is 2.11 bits per heavy atom. The summed E-state index contributed by atoms with van der Waals surface area (Å²) in [4.78, 5) is 24.9. The van der Waals surface area contributed by atoms with Gasteiger partial charge in [0.05, 0.1) is 19.3 Å². The van der Waals surface area contributed by atoms with Gasteiger partial charge in [0, 0.05) is 0 Å². The van der Waals surface area contributed by atoms with Gasteiger partial charge in [-0.1, -0.05) is 12.7 Å². The van der Waals surface area contributed by atoms with Crippen molar-refractivity contribution >= 4 is 11.9 Å². The number of carbonyl (C=O) groups excluding carboxylic acids is 2. The molecule has 0 aromatic heterocycles. The van der Waals surface area contributed by atoms with Crippen LogP contribution < -0.4 is 0 Å². The van der Waals surface area contributed by atoms with Crippen LogP contribution >= 0.6 is 0 Å². The van der Waals surface area contributed by atoms with E-state index in [0.717, 1.165) is 6.08 Å². The first-order valence-corrected chi connectivity index (χ1v) is 5.88. The van der Waals surface area contributed by atoms with Gasteiger partial charge in [0.1, 0.15) is 6.04 Å². The van der Waals surface area contributed by atoms with Crippen molar-refractivity contribution < 1.29 is 19.4 Å². The fourth-order valence-corrected chi connectivity index (χ4v) is 2.31. The van der Waals surface area contributed by atoms with Crippen molar-refractivity contribution in [3.8, 4) is 0 Å². The molecule has 0 bridgehead atoms. The zero-order valence-corrected chi connectivity index (χ0v) is 10.5. The van der Waals surface area contributed by atoms with Gasteiger partial charge in [-0.2, -0.15) is 0 Å². The molecule has 0 spiro atoms. The Morgan fingerprint density at radius 3 is 2.61 bits per heavy atom. The molecule has 1 aliphatic heterocycles. The molecule has 1 heterocycles. The Bertz CT molecular complexity index is 353. The topological polar surface area (TPSA) is 66.8 Å². The predicted molar refractivity (Wildman–Crippen MR) is 66.7 cm³/mol. The molecular weight excluding hydrogens is 234 g/mol. The minimum absolute atomic E-state index is 0.379. The SMILES string of the molecule is C=CC[C@H]1[C@H](O)CC[C@@H](C(=O)OC)N1C(=O)C=C. The number of methoxy groups -OCH3 is 1. The second kappa shape index (κ2) is 6.35. The summed E-state index contributed by atoms with van der Waals surface area (Å²) in [5, 5.41) is 9.96. The van der Waals surface area contributed by atoms with Crippen LogP contribution in [-0.4, -0.2) is 47.2 Å². The molecule has 1 N–H and O–H groups in total. The zero-order chi connectivity index (χ0) is 13.7. The highest BCUT2D eigenvalue weighted by molar-refractivity contribution is 5.91. The summed E-state index contributed by atoms with van der Waals surface area (Å²) in [6.45, 7) is 7.03. The third kappa shape index (κ3) is 2.79. The molecule has 0 radical (unpaired) electrons. The Kier molecular flexibility index (Phi) is 5.09. The third-order valence-electron chi connectivity index (χ3n) is 3.18. The van der Waals surface area contributed by atoms with Crippen molar-refractivity contribution in [3.63, 3.8) is 0 Å². The van der Waals surface area contributed by atoms with Gasteiger partial charge in [0.15, 0.2) is 0 Å². The first kappa shape index (κ1) is 14.4. The van der Waals surface area contributed by atoms with Crippen LogP contribution in [0.3, 0.4) is 0 Å². The van der Waals surface area contributed by atoms with Gasteiger partial charge in [0.2, 0.25) is 5.91 Å². The van der Waals surface area contributed by atoms with Crippen LogP contribution in [0.4, 0.5) is 0 Å². The quantitative estimate of drug-likeness (QED) is 0.453. The van der Waals surface area contributed by atoms with Gasteiger partial charge in [-0.15, -0.1) is 6.58 Å². The lowest BCUT2D eigenvalue weighted by molar-refractivity contribution is -0.159. The van der Waals surface area contributed by atoms with Gasteiger partial charge < -0.3 is 14.7 Å². The van der Waals surface area contributed by atoms with Gasteiger partial charge in [-0.05, 0) is 25.3 Å². The molecule has 0 aliphatic carbocycles. The van der Waals surface area contributed by atoms with E-state index in [1.807, 2.05) is 0 Å². The van der Waals surface area contributed by atoms with E-state index in [-0.39, 0.29) is 5.91 Å². The van der Waals surface area contributed by atoms with Crippen LogP contribution in [0.25, 0.3) is 0 Å². The number of amides is 1. The molecule has 0 aromatic rings. The zero-order valence-electron chi connectivity index (χ0n) is 10.5. The molecule has 0 saturated carbocycles. The van der Waals surface area contributed by atoms with E-state index in [4.69, 9.17) is 4.74 Å². The second-order valence-electron chi connectivity index (χ2n) is 4.23. The van der Waals surface area contributed by atoms with Crippen LogP contribution in [0.5, 0.6) is 0 Å². The summed E-state index contributed by atoms with van der Waals surface area (Å²) in [6, 6.07) is -1.11. The number of rotatable bonds is 4. The van der Waals surface area contributed by atoms with Crippen LogP contribution in [0.15, 0.2) is 25.3 Å². The molecule has 18 heavy (non-hydrogen) atoms. The Hall–Kier alpha value is -1.62. The number of carbonyl (C=O) groups is 2. The minimum atomic E-state index is -0.659. The van der Waals surface area contributed by atoms with Gasteiger partial charge >= 0.3 is 5.97 Å². The number of ether oxygens (including phenoxy) is 1. The maximum absolute atomic E-state index is 11.9. The highest BCUT2D eigenvalue weighted by Crippen LogP contribution is 2.27. The Labute approximate surface area is 107 Å². The average Bonchev–Trinajstić information content (AvgIpc) is 2.39. The predicted octanol–water partition coefficient (Wildman–Crippen LogP) is 0.642. The van der Waals surface area contributed by atoms with Crippen molar-refractivity contribution in [2.45, 2.75) is 37.5 Å². The summed E-state index contributed by atoms with van der Waals surface area (Å²) in [5.41, 5.74) is 0. The van der Waals surface area contributed by atoms with Crippen LogP contribution in [0, 0.1) is 0 Å². The molecule has 5 nitrogen and oxygen atoms in total. The first-order chi connectivity index (χ1) is 8.56. The standard InChI is InChI=1S/C13H19NO4/c1-4-6-9-11(15)8-7-10(13(17)18-3)14(9)12(16)5-2/h4-5,9-11,15H,1-2,6-8H2,3H3/t9-,10-,11+/m0/s1. The van der Waals surface area contributed by atoms with Crippen LogP contribution in [0.2, 0.25) is 0 Å². The molecule has 0 aromatic carbocycles. The van der Waals surface area contributed by atoms with E-state index in [9.17, 15) is 14.7 Å². The summed E-state index contributed by atoms with van der Waals surface area (Å²) in [7, 11) is 1.28. The van der Waals surface area contributed by atoms with Crippen LogP contribution in [-0.2, 0) is 14.3 Å². The van der Waals surface area contributed by atoms with E-state index in [1.165, 1.54) is 12.0 Å². The van der Waals surface area contributed by atoms with E-state index in [0.29, 0.717) is 19.3 Å². The van der Waals surface area contributed by atoms with Gasteiger partial charge in [0.25, 0.3) is 0 Å². The molecule has 1 rings (SSSR count). The number of hydrogen-bond donors (Lipinski definition) is 1. The van der Waals surface area contributed by atoms with Crippen molar-refractivity contribution in [2.75, 3.05) is 7.11 Å². The molecule has 1 fully saturated rings. The van der Waals surface area contributed by atoms with E-state index >= 15 is 0 Å². The normalized spacial score (nSPS) is 27.4. The van der Waals surface area contributed by atoms with Gasteiger partial charge in [-0.25, -0.2) is 4.79 Å². The molecule has 1 saturated heterocycles. The maximum Gasteiger partial charge on any atom is 0.328 e. The van der Waals surface area contributed by atoms with Crippen molar-refractivity contribution in [3.05, 3.63) is 25.3 Å². The molecule has 0 unspecified atom stereocenters. The fourth-order valence-electron chi connectivity index (χ4n) is 2.31. The number of aliphatic hydroxyl groups is 1. The number of piperidine rings is 1. The molecule has 1 aliphatic rings. The smallest absolute Gasteiger partial charge is 0.328 e. The highest BCUT2D eigenvalue weighted by atomic mass is 16.5. The van der Waals surface area contributed by atoms with Crippen molar-refractivity contribution in [1.82, 2.24) is 4.90 Å². The first-order valence-electron chi connectivity index (χ1n) is 5.88. The summed E-state index contributed by atoms with van der Waals surface area (Å²) in [6.07, 6.45) is 3.38. The van der Waals surface area contributed by atoms with Crippen molar-refractivity contribution in [2.24, 2.45) is 0 Å². The van der Waals surface area contributed by atoms with E-state index < -0.39 is 24.2 Å². The number of aliphatic hydroxyl groups excluding tert-OH is 1. The van der Waals surface area contributed by atoms with Crippen LogP contribution in [0.1, 0.15) is 19.3 Å². The number of hydrogen-bond acceptors (Lipinski definition) is 4. The molecular formula is C13H19NO4. The molecule has 100 valence electrons. The Morgan fingerprint density at radius 1 is 1.44 bits per heavy atom. The summed E-state index contributed by atoms with van der Waals surface area (Å²) in [5.74, 6) is -0.845. The number of likely N-dealkylation sites (tertiary alicyclic amines) is 1. The van der Waals surface area contributed by atoms with Crippen molar-refractivity contribution in [1.29, 1.82) is 0 Å². The Balaban J connectivity index is 3.04. The van der Waals surface area contributed by atoms with E-state index in [1.54, 1.807) is 6.08 Å². The summed E-state index contributed by atoms with van der Waals surface area (Å²) >= 11 is 0. The monoisotopic (exact) mass is 253 g/mol. The lowest BCUT2D eigenvalue weighted by atomic mass is 9.90. The lowest BCUT2D eigenvalue weighted by Crippen LogP contribution is -2.58. The minimum Gasteiger partial charge on any atom is -0.467 e. The molecule has 1 amide bonds. The largest absolute Gasteiger partial charge is 0.467 e. The second-order valence-corrected chi connectivity index (χ2v) is 4.23. The fraction of sp³-hybridized carbons (Fsp3) is 0.538. The maximum atomic E-state index is 11.9. The number of esters is 1. The summed E-state index contributed by atoms with van der Waals surface area (Å²) < 4.78 is 4.70. The lowest BCUT2D eigenvalue weighted by Gasteiger charge is -2.42. The molecule has 5 heteroatoms. The average molecular weight is 253 g/mol.